The van der Waals surface area contributed by atoms with Crippen LogP contribution in [0.1, 0.15) is 41.8 Å². The van der Waals surface area contributed by atoms with Crippen LogP contribution < -0.4 is 25.0 Å². The number of carbonyl (C=O) groups excluding carboxylic acids is 1. The van der Waals surface area contributed by atoms with Crippen LogP contribution in [-0.2, 0) is 24.3 Å². The van der Waals surface area contributed by atoms with E-state index in [-0.39, 0.29) is 24.2 Å². The predicted molar refractivity (Wildman–Crippen MR) is 141 cm³/mol. The van der Waals surface area contributed by atoms with Crippen molar-refractivity contribution in [2.75, 3.05) is 31.0 Å². The molecule has 2 atom stereocenters. The van der Waals surface area contributed by atoms with E-state index in [1.807, 2.05) is 18.2 Å². The number of ether oxygens (including phenoxy) is 3. The van der Waals surface area contributed by atoms with Gasteiger partial charge >= 0.3 is 12.0 Å². The van der Waals surface area contributed by atoms with E-state index >= 15 is 0 Å². The van der Waals surface area contributed by atoms with Crippen LogP contribution in [0.5, 0.6) is 11.9 Å². The van der Waals surface area contributed by atoms with Gasteiger partial charge in [-0.25, -0.2) is 9.78 Å². The maximum atomic E-state index is 12.9. The third kappa shape index (κ3) is 6.28. The molecule has 1 aliphatic heterocycles. The Bertz CT molecular complexity index is 1180. The lowest BCUT2D eigenvalue weighted by Gasteiger charge is -2.32. The van der Waals surface area contributed by atoms with Gasteiger partial charge in [0.05, 0.1) is 45.2 Å². The highest BCUT2D eigenvalue weighted by Crippen LogP contribution is 2.32. The third-order valence-electron chi connectivity index (χ3n) is 6.66. The molecule has 2 aromatic heterocycles. The predicted octanol–water partition coefficient (Wildman–Crippen LogP) is 4.16. The zero-order valence-electron chi connectivity index (χ0n) is 21.1. The number of nitrogens with one attached hydrogen (secondary N) is 2. The van der Waals surface area contributed by atoms with Gasteiger partial charge in [-0.15, -0.1) is 0 Å². The Balaban J connectivity index is 1.18. The maximum Gasteiger partial charge on any atom is 0.321 e. The Hall–Kier alpha value is -3.44. The summed E-state index contributed by atoms with van der Waals surface area (Å²) in [6.07, 6.45) is 4.79. The van der Waals surface area contributed by atoms with Gasteiger partial charge in [0, 0.05) is 23.9 Å². The standard InChI is InChI=1S/C26H32N6O4S/c1-34-23-14-22(29-25(30-23)35-2)32-13-12-19-21(15-32)37-26(28-19)31-24(33)27-18-10-6-7-11-20(18)36-16-17-8-4-3-5-9-17/h3-5,8-9,14,18,20H,6-7,10-13,15-16H2,1-2H3,(H2,27,28,31,33)/t18-,20-/m1/s1. The van der Waals surface area contributed by atoms with E-state index in [9.17, 15) is 4.79 Å². The lowest BCUT2D eigenvalue weighted by molar-refractivity contribution is -0.00224. The van der Waals surface area contributed by atoms with E-state index < -0.39 is 0 Å². The third-order valence-corrected chi connectivity index (χ3v) is 7.66. The zero-order valence-corrected chi connectivity index (χ0v) is 21.9. The van der Waals surface area contributed by atoms with Gasteiger partial charge in [-0.1, -0.05) is 54.5 Å². The highest BCUT2D eigenvalue weighted by molar-refractivity contribution is 7.15. The first-order valence-electron chi connectivity index (χ1n) is 12.5. The Kier molecular flexibility index (Phi) is 8.00. The fourth-order valence-electron chi connectivity index (χ4n) is 4.74. The summed E-state index contributed by atoms with van der Waals surface area (Å²) >= 11 is 1.49. The number of carbonyl (C=O) groups is 1. The van der Waals surface area contributed by atoms with Crippen LogP contribution in [-0.4, -0.2) is 53.9 Å². The number of urea groups is 1. The van der Waals surface area contributed by atoms with E-state index in [0.717, 1.165) is 60.6 Å². The first-order chi connectivity index (χ1) is 18.1. The Labute approximate surface area is 220 Å². The van der Waals surface area contributed by atoms with Crippen molar-refractivity contribution < 1.29 is 19.0 Å². The van der Waals surface area contributed by atoms with E-state index in [4.69, 9.17) is 14.2 Å². The molecule has 0 unspecified atom stereocenters. The van der Waals surface area contributed by atoms with Gasteiger partial charge in [0.15, 0.2) is 5.13 Å². The van der Waals surface area contributed by atoms with Gasteiger partial charge in [0.1, 0.15) is 5.82 Å². The molecule has 1 fully saturated rings. The molecule has 0 bridgehead atoms. The first-order valence-corrected chi connectivity index (χ1v) is 13.4. The lowest BCUT2D eigenvalue weighted by atomic mass is 9.92. The van der Waals surface area contributed by atoms with Gasteiger partial charge in [0.25, 0.3) is 0 Å². The van der Waals surface area contributed by atoms with Crippen molar-refractivity contribution in [2.24, 2.45) is 0 Å². The van der Waals surface area contributed by atoms with Crippen LogP contribution in [0.15, 0.2) is 36.4 Å². The Morgan fingerprint density at radius 1 is 1.11 bits per heavy atom. The summed E-state index contributed by atoms with van der Waals surface area (Å²) in [7, 11) is 3.10. The van der Waals surface area contributed by atoms with E-state index in [0.29, 0.717) is 24.2 Å². The number of methoxy groups -OCH3 is 2. The molecular formula is C26H32N6O4S. The summed E-state index contributed by atoms with van der Waals surface area (Å²) in [6.45, 7) is 1.93. The summed E-state index contributed by atoms with van der Waals surface area (Å²) in [4.78, 5) is 29.4. The first kappa shape index (κ1) is 25.2. The number of nitrogens with zero attached hydrogens (tertiary/aromatic N) is 4. The number of benzene rings is 1. The summed E-state index contributed by atoms with van der Waals surface area (Å²) in [6, 6.07) is 11.9. The summed E-state index contributed by atoms with van der Waals surface area (Å²) in [5.41, 5.74) is 2.14. The fourth-order valence-corrected chi connectivity index (χ4v) is 5.75. The quantitative estimate of drug-likeness (QED) is 0.452. The van der Waals surface area contributed by atoms with Crippen LogP contribution in [0.4, 0.5) is 15.7 Å². The average Bonchev–Trinajstić information content (AvgIpc) is 3.34. The molecule has 5 rings (SSSR count). The molecule has 0 radical (unpaired) electrons. The maximum absolute atomic E-state index is 12.9. The van der Waals surface area contributed by atoms with Crippen LogP contribution in [0.25, 0.3) is 0 Å². The number of rotatable bonds is 8. The smallest absolute Gasteiger partial charge is 0.321 e. The second kappa shape index (κ2) is 11.7. The van der Waals surface area contributed by atoms with E-state index in [1.54, 1.807) is 13.2 Å². The van der Waals surface area contributed by atoms with Crippen LogP contribution in [0, 0.1) is 0 Å². The molecule has 37 heavy (non-hydrogen) atoms. The number of aromatic nitrogens is 3. The van der Waals surface area contributed by atoms with Crippen molar-refractivity contribution in [1.82, 2.24) is 20.3 Å². The van der Waals surface area contributed by atoms with Crippen molar-refractivity contribution in [3.63, 3.8) is 0 Å². The molecule has 2 aliphatic rings. The monoisotopic (exact) mass is 524 g/mol. The summed E-state index contributed by atoms with van der Waals surface area (Å²) in [5.74, 6) is 1.18. The second-order valence-electron chi connectivity index (χ2n) is 9.14. The molecule has 3 heterocycles. The second-order valence-corrected chi connectivity index (χ2v) is 10.2. The molecular weight excluding hydrogens is 492 g/mol. The van der Waals surface area contributed by atoms with Gasteiger partial charge in [-0.05, 0) is 18.4 Å². The number of fused-ring (bicyclic) bond motifs is 1. The molecule has 2 amide bonds. The minimum absolute atomic E-state index is 0.000361. The number of thiazole rings is 1. The van der Waals surface area contributed by atoms with Crippen molar-refractivity contribution in [2.45, 2.75) is 57.4 Å². The largest absolute Gasteiger partial charge is 0.481 e. The van der Waals surface area contributed by atoms with Gasteiger partial charge in [0.2, 0.25) is 5.88 Å². The molecule has 11 heteroatoms. The molecule has 196 valence electrons. The molecule has 1 aliphatic carbocycles. The topological polar surface area (TPSA) is 111 Å². The number of amides is 2. The van der Waals surface area contributed by atoms with E-state index in [2.05, 4.69) is 42.6 Å². The van der Waals surface area contributed by atoms with Crippen LogP contribution in [0.3, 0.4) is 0 Å². The highest BCUT2D eigenvalue weighted by atomic mass is 32.1. The average molecular weight is 525 g/mol. The Morgan fingerprint density at radius 2 is 1.95 bits per heavy atom. The zero-order chi connectivity index (χ0) is 25.6. The number of hydrogen-bond acceptors (Lipinski definition) is 9. The summed E-state index contributed by atoms with van der Waals surface area (Å²) in [5, 5.41) is 6.68. The van der Waals surface area contributed by atoms with Gasteiger partial charge in [-0.2, -0.15) is 9.97 Å². The van der Waals surface area contributed by atoms with Crippen LogP contribution >= 0.6 is 11.3 Å². The minimum Gasteiger partial charge on any atom is -0.481 e. The molecule has 1 saturated carbocycles. The minimum atomic E-state index is -0.242. The molecule has 1 aromatic carbocycles. The molecule has 0 saturated heterocycles. The normalized spacial score (nSPS) is 19.1. The molecule has 0 spiro atoms. The van der Waals surface area contributed by atoms with E-state index in [1.165, 1.54) is 18.4 Å². The Morgan fingerprint density at radius 3 is 2.76 bits per heavy atom. The number of hydrogen-bond donors (Lipinski definition) is 2. The van der Waals surface area contributed by atoms with Crippen LogP contribution in [0.2, 0.25) is 0 Å². The van der Waals surface area contributed by atoms with Gasteiger partial charge in [-0.3, -0.25) is 5.32 Å². The van der Waals surface area contributed by atoms with Crippen molar-refractivity contribution in [3.8, 4) is 11.9 Å². The van der Waals surface area contributed by atoms with Crippen molar-refractivity contribution >= 4 is 28.3 Å². The molecule has 3 aromatic rings. The lowest BCUT2D eigenvalue weighted by Crippen LogP contribution is -2.47. The van der Waals surface area contributed by atoms with Crippen molar-refractivity contribution in [3.05, 3.63) is 52.5 Å². The summed E-state index contributed by atoms with van der Waals surface area (Å²) < 4.78 is 16.7. The van der Waals surface area contributed by atoms with Crippen molar-refractivity contribution in [1.29, 1.82) is 0 Å². The fraction of sp³-hybridized carbons (Fsp3) is 0.462. The van der Waals surface area contributed by atoms with Gasteiger partial charge < -0.3 is 24.4 Å². The molecule has 10 nitrogen and oxygen atoms in total. The number of anilines is 2. The molecule has 2 N–H and O–H groups in total. The highest BCUT2D eigenvalue weighted by Gasteiger charge is 2.28. The SMILES string of the molecule is COc1cc(N2CCc3nc(NC(=O)N[C@@H]4CCCC[C@H]4OCc4ccccc4)sc3C2)nc(OC)n1.